The molecule has 0 aromatic rings. The first-order valence-corrected chi connectivity index (χ1v) is 5.04. The van der Waals surface area contributed by atoms with Gasteiger partial charge in [-0.3, -0.25) is 29.9 Å². The maximum absolute atomic E-state index is 11.7. The number of carbonyl (C=O) groups is 1. The van der Waals surface area contributed by atoms with Crippen LogP contribution in [0.3, 0.4) is 0 Å². The zero-order valence-corrected chi connectivity index (χ0v) is 9.16. The molecule has 92 valence electrons. The molecule has 2 aliphatic rings. The van der Waals surface area contributed by atoms with Crippen LogP contribution in [0.4, 0.5) is 0 Å². The highest BCUT2D eigenvalue weighted by atomic mass is 16.6. The molecule has 0 amide bonds. The van der Waals surface area contributed by atoms with Crippen LogP contribution in [0.1, 0.15) is 6.42 Å². The lowest BCUT2D eigenvalue weighted by molar-refractivity contribution is -0.607. The SMILES string of the molecule is CN1C[C@@]2([N+](=O)[O-])C=CC(=O)[C@@]([N+](=O)[O-])(C1)C2. The highest BCUT2D eigenvalue weighted by molar-refractivity contribution is 5.98. The molecule has 1 heterocycles. The number of nitrogens with zero attached hydrogens (tertiary/aromatic N) is 3. The Morgan fingerprint density at radius 2 is 1.94 bits per heavy atom. The van der Waals surface area contributed by atoms with Gasteiger partial charge in [-0.2, -0.15) is 0 Å². The van der Waals surface area contributed by atoms with Gasteiger partial charge in [0, 0.05) is 9.85 Å². The van der Waals surface area contributed by atoms with Gasteiger partial charge in [-0.1, -0.05) is 0 Å². The van der Waals surface area contributed by atoms with E-state index in [9.17, 15) is 25.0 Å². The molecule has 0 unspecified atom stereocenters. The molecule has 0 aromatic heterocycles. The van der Waals surface area contributed by atoms with Crippen molar-refractivity contribution in [2.45, 2.75) is 17.5 Å². The molecular formula is C9H11N3O5. The van der Waals surface area contributed by atoms with Crippen LogP contribution in [0.15, 0.2) is 12.2 Å². The van der Waals surface area contributed by atoms with E-state index in [2.05, 4.69) is 0 Å². The third-order valence-electron chi connectivity index (χ3n) is 3.39. The Kier molecular flexibility index (Phi) is 2.28. The van der Waals surface area contributed by atoms with Crippen LogP contribution in [0, 0.1) is 20.2 Å². The Morgan fingerprint density at radius 3 is 2.47 bits per heavy atom. The van der Waals surface area contributed by atoms with Gasteiger partial charge in [0.25, 0.3) is 5.54 Å². The minimum absolute atomic E-state index is 0.0827. The summed E-state index contributed by atoms with van der Waals surface area (Å²) in [6.45, 7) is -0.00185. The number of likely N-dealkylation sites (N-methyl/N-ethyl adjacent to an activating group) is 1. The zero-order chi connectivity index (χ0) is 12.8. The molecule has 0 saturated carbocycles. The van der Waals surface area contributed by atoms with Gasteiger partial charge in [0.05, 0.1) is 13.1 Å². The van der Waals surface area contributed by atoms with Gasteiger partial charge in [0.15, 0.2) is 0 Å². The summed E-state index contributed by atoms with van der Waals surface area (Å²) >= 11 is 0. The standard InChI is InChI=1S/C9H11N3O5/c1-10-5-8(11(14)15)3-2-7(13)9(4-8,6-10)12(16)17/h2-3H,4-6H2,1H3/t8-,9+/m1/s1. The molecular weight excluding hydrogens is 230 g/mol. The molecule has 8 nitrogen and oxygen atoms in total. The van der Waals surface area contributed by atoms with E-state index in [1.54, 1.807) is 7.05 Å². The monoisotopic (exact) mass is 241 g/mol. The number of piperidine rings is 1. The number of rotatable bonds is 2. The Labute approximate surface area is 96.2 Å². The van der Waals surface area contributed by atoms with Crippen LogP contribution in [0.25, 0.3) is 0 Å². The average Bonchev–Trinajstić information content (AvgIpc) is 2.23. The second kappa shape index (κ2) is 3.33. The highest BCUT2D eigenvalue weighted by Crippen LogP contribution is 2.38. The number of carbonyl (C=O) groups excluding carboxylic acids is 1. The topological polar surface area (TPSA) is 107 Å². The van der Waals surface area contributed by atoms with E-state index in [4.69, 9.17) is 0 Å². The van der Waals surface area contributed by atoms with Gasteiger partial charge < -0.3 is 0 Å². The lowest BCUT2D eigenvalue weighted by Gasteiger charge is -2.41. The van der Waals surface area contributed by atoms with Gasteiger partial charge in [0.2, 0.25) is 5.78 Å². The first-order valence-electron chi connectivity index (χ1n) is 5.04. The summed E-state index contributed by atoms with van der Waals surface area (Å²) < 4.78 is 0. The lowest BCUT2D eigenvalue weighted by Crippen LogP contribution is -2.68. The normalized spacial score (nSPS) is 36.9. The third kappa shape index (κ3) is 1.44. The number of ketones is 1. The second-order valence-electron chi connectivity index (χ2n) is 4.70. The van der Waals surface area contributed by atoms with Crippen molar-refractivity contribution in [1.82, 2.24) is 4.90 Å². The maximum atomic E-state index is 11.7. The molecule has 1 aliphatic heterocycles. The first-order chi connectivity index (χ1) is 7.82. The summed E-state index contributed by atoms with van der Waals surface area (Å²) in [6, 6.07) is 0. The van der Waals surface area contributed by atoms with Crippen molar-refractivity contribution in [2.24, 2.45) is 0 Å². The van der Waals surface area contributed by atoms with E-state index < -0.39 is 26.7 Å². The summed E-state index contributed by atoms with van der Waals surface area (Å²) in [4.78, 5) is 34.2. The molecule has 0 radical (unpaired) electrons. The first kappa shape index (κ1) is 11.6. The van der Waals surface area contributed by atoms with Crippen molar-refractivity contribution in [3.05, 3.63) is 32.4 Å². The van der Waals surface area contributed by atoms with Crippen LogP contribution in [-0.4, -0.2) is 51.7 Å². The van der Waals surface area contributed by atoms with Gasteiger partial charge in [0.1, 0.15) is 6.42 Å². The van der Waals surface area contributed by atoms with Crippen molar-refractivity contribution < 1.29 is 14.6 Å². The summed E-state index contributed by atoms with van der Waals surface area (Å²) in [7, 11) is 1.54. The number of hydrogen-bond acceptors (Lipinski definition) is 6. The highest BCUT2D eigenvalue weighted by Gasteiger charge is 2.66. The molecule has 0 aromatic carbocycles. The summed E-state index contributed by atoms with van der Waals surface area (Å²) in [5.74, 6) is -0.661. The largest absolute Gasteiger partial charge is 0.302 e. The quantitative estimate of drug-likeness (QED) is 0.476. The van der Waals surface area contributed by atoms with Gasteiger partial charge in [-0.15, -0.1) is 0 Å². The Bertz CT molecular complexity index is 448. The van der Waals surface area contributed by atoms with Crippen LogP contribution in [0.2, 0.25) is 0 Å². The second-order valence-corrected chi connectivity index (χ2v) is 4.70. The third-order valence-corrected chi connectivity index (χ3v) is 3.39. The molecule has 8 heteroatoms. The predicted octanol–water partition coefficient (Wildman–Crippen LogP) is -0.508. The van der Waals surface area contributed by atoms with Crippen LogP contribution in [-0.2, 0) is 4.79 Å². The van der Waals surface area contributed by atoms with E-state index in [0.29, 0.717) is 0 Å². The molecule has 2 rings (SSSR count). The van der Waals surface area contributed by atoms with Crippen molar-refractivity contribution in [3.8, 4) is 0 Å². The van der Waals surface area contributed by atoms with Crippen LogP contribution >= 0.6 is 0 Å². The van der Waals surface area contributed by atoms with E-state index in [0.717, 1.165) is 6.08 Å². The van der Waals surface area contributed by atoms with Gasteiger partial charge in [-0.05, 0) is 19.2 Å². The molecule has 1 aliphatic carbocycles. The lowest BCUT2D eigenvalue weighted by atomic mass is 9.71. The molecule has 0 spiro atoms. The molecule has 17 heavy (non-hydrogen) atoms. The number of nitro groups is 2. The summed E-state index contributed by atoms with van der Waals surface area (Å²) in [6.07, 6.45) is 1.81. The van der Waals surface area contributed by atoms with Crippen LogP contribution in [0.5, 0.6) is 0 Å². The van der Waals surface area contributed by atoms with E-state index in [1.807, 2.05) is 0 Å². The molecule has 1 fully saturated rings. The van der Waals surface area contributed by atoms with Crippen molar-refractivity contribution in [3.63, 3.8) is 0 Å². The maximum Gasteiger partial charge on any atom is 0.302 e. The summed E-state index contributed by atoms with van der Waals surface area (Å²) in [5.41, 5.74) is -3.39. The van der Waals surface area contributed by atoms with Crippen LogP contribution < -0.4 is 0 Å². The smallest absolute Gasteiger partial charge is 0.292 e. The Morgan fingerprint density at radius 1 is 1.29 bits per heavy atom. The average molecular weight is 241 g/mol. The fourth-order valence-corrected chi connectivity index (χ4v) is 2.65. The van der Waals surface area contributed by atoms with Crippen molar-refractivity contribution in [1.29, 1.82) is 0 Å². The molecule has 0 N–H and O–H groups in total. The van der Waals surface area contributed by atoms with Crippen molar-refractivity contribution >= 4 is 5.78 Å². The van der Waals surface area contributed by atoms with E-state index >= 15 is 0 Å². The fraction of sp³-hybridized carbons (Fsp3) is 0.667. The van der Waals surface area contributed by atoms with E-state index in [1.165, 1.54) is 11.0 Å². The Balaban J connectivity index is 2.56. The number of fused-ring (bicyclic) bond motifs is 2. The van der Waals surface area contributed by atoms with E-state index in [-0.39, 0.29) is 19.5 Å². The minimum Gasteiger partial charge on any atom is -0.292 e. The van der Waals surface area contributed by atoms with Gasteiger partial charge >= 0.3 is 5.54 Å². The zero-order valence-electron chi connectivity index (χ0n) is 9.16. The fourth-order valence-electron chi connectivity index (χ4n) is 2.65. The van der Waals surface area contributed by atoms with Crippen molar-refractivity contribution in [2.75, 3.05) is 20.1 Å². The molecule has 2 bridgehead atoms. The number of likely N-dealkylation sites (tertiary alicyclic amines) is 1. The number of hydrogen-bond donors (Lipinski definition) is 0. The Hall–Kier alpha value is -1.83. The summed E-state index contributed by atoms with van der Waals surface area (Å²) in [5, 5.41) is 22.2. The predicted molar refractivity (Wildman–Crippen MR) is 55.7 cm³/mol. The minimum atomic E-state index is -1.87. The van der Waals surface area contributed by atoms with Gasteiger partial charge in [-0.25, -0.2) is 0 Å². The molecule has 2 atom stereocenters. The molecule has 1 saturated heterocycles.